The van der Waals surface area contributed by atoms with Gasteiger partial charge < -0.3 is 19.3 Å². The third-order valence-corrected chi connectivity index (χ3v) is 4.83. The van der Waals surface area contributed by atoms with E-state index in [2.05, 4.69) is 0 Å². The molecule has 2 amide bonds. The Morgan fingerprint density at radius 1 is 1.17 bits per heavy atom. The molecule has 0 aliphatic carbocycles. The zero-order valence-electron chi connectivity index (χ0n) is 16.4. The predicted molar refractivity (Wildman–Crippen MR) is 106 cm³/mol. The Morgan fingerprint density at radius 3 is 2.62 bits per heavy atom. The molecule has 3 rings (SSSR count). The summed E-state index contributed by atoms with van der Waals surface area (Å²) in [7, 11) is 1.54. The Morgan fingerprint density at radius 2 is 1.90 bits per heavy atom. The Balaban J connectivity index is 1.69. The molecule has 29 heavy (non-hydrogen) atoms. The van der Waals surface area contributed by atoms with Crippen molar-refractivity contribution in [2.75, 3.05) is 46.5 Å². The van der Waals surface area contributed by atoms with E-state index in [0.717, 1.165) is 0 Å². The van der Waals surface area contributed by atoms with Crippen LogP contribution in [0, 0.1) is 5.82 Å². The van der Waals surface area contributed by atoms with Gasteiger partial charge in [-0.25, -0.2) is 4.39 Å². The van der Waals surface area contributed by atoms with Gasteiger partial charge in [-0.2, -0.15) is 0 Å². The zero-order valence-corrected chi connectivity index (χ0v) is 16.4. The number of benzene rings is 2. The number of methoxy groups -OCH3 is 1. The van der Waals surface area contributed by atoms with E-state index in [1.165, 1.54) is 17.0 Å². The van der Waals surface area contributed by atoms with Crippen molar-refractivity contribution in [2.24, 2.45) is 0 Å². The van der Waals surface area contributed by atoms with Crippen molar-refractivity contribution in [1.82, 2.24) is 9.80 Å². The van der Waals surface area contributed by atoms with Gasteiger partial charge in [0.15, 0.2) is 0 Å². The second-order valence-electron chi connectivity index (χ2n) is 6.83. The molecule has 0 N–H and O–H groups in total. The smallest absolute Gasteiger partial charge is 0.256 e. The lowest BCUT2D eigenvalue weighted by molar-refractivity contribution is -0.0347. The highest BCUT2D eigenvalue weighted by molar-refractivity contribution is 5.95. The molecule has 0 saturated carbocycles. The fourth-order valence-electron chi connectivity index (χ4n) is 3.31. The van der Waals surface area contributed by atoms with Crippen molar-refractivity contribution in [1.29, 1.82) is 0 Å². The molecule has 1 unspecified atom stereocenters. The molecular weight excluding hydrogens is 375 g/mol. The number of carbonyl (C=O) groups excluding carboxylic acids is 2. The summed E-state index contributed by atoms with van der Waals surface area (Å²) in [6.45, 7) is 2.10. The summed E-state index contributed by atoms with van der Waals surface area (Å²) in [4.78, 5) is 28.8. The molecule has 0 aromatic heterocycles. The monoisotopic (exact) mass is 400 g/mol. The molecule has 6 nitrogen and oxygen atoms in total. The zero-order chi connectivity index (χ0) is 20.6. The van der Waals surface area contributed by atoms with E-state index in [1.54, 1.807) is 36.3 Å². The molecule has 1 aliphatic heterocycles. The topological polar surface area (TPSA) is 59.1 Å². The van der Waals surface area contributed by atoms with Crippen molar-refractivity contribution >= 4 is 11.8 Å². The van der Waals surface area contributed by atoms with Crippen molar-refractivity contribution in [3.63, 3.8) is 0 Å². The van der Waals surface area contributed by atoms with Gasteiger partial charge in [0.2, 0.25) is 0 Å². The standard InChI is InChI=1S/C22H25FN2O4/c1-28-13-11-25(22(27)19-9-5-6-10-20(19)23)16-18-15-24(12-14-29-18)21(26)17-7-3-2-4-8-17/h2-10,18H,11-16H2,1H3. The van der Waals surface area contributed by atoms with Crippen LogP contribution in [0.1, 0.15) is 20.7 Å². The molecule has 7 heteroatoms. The summed E-state index contributed by atoms with van der Waals surface area (Å²) in [6.07, 6.45) is -0.357. The van der Waals surface area contributed by atoms with Crippen molar-refractivity contribution < 1.29 is 23.5 Å². The summed E-state index contributed by atoms with van der Waals surface area (Å²) in [6, 6.07) is 15.0. The average Bonchev–Trinajstić information content (AvgIpc) is 2.77. The normalized spacial score (nSPS) is 16.5. The molecule has 2 aromatic carbocycles. The van der Waals surface area contributed by atoms with Gasteiger partial charge in [0.05, 0.1) is 24.9 Å². The van der Waals surface area contributed by atoms with Crippen LogP contribution < -0.4 is 0 Å². The maximum absolute atomic E-state index is 14.1. The summed E-state index contributed by atoms with van der Waals surface area (Å²) in [5.41, 5.74) is 0.628. The highest BCUT2D eigenvalue weighted by Gasteiger charge is 2.29. The van der Waals surface area contributed by atoms with Crippen molar-refractivity contribution in [3.8, 4) is 0 Å². The molecule has 2 aromatic rings. The average molecular weight is 400 g/mol. The Kier molecular flexibility index (Phi) is 7.32. The highest BCUT2D eigenvalue weighted by atomic mass is 19.1. The van der Waals surface area contributed by atoms with Gasteiger partial charge in [-0.05, 0) is 24.3 Å². The van der Waals surface area contributed by atoms with Crippen LogP contribution in [0.5, 0.6) is 0 Å². The maximum Gasteiger partial charge on any atom is 0.256 e. The molecule has 1 heterocycles. The van der Waals surface area contributed by atoms with Gasteiger partial charge in [-0.3, -0.25) is 9.59 Å². The Labute approximate surface area is 169 Å². The number of rotatable bonds is 7. The third-order valence-electron chi connectivity index (χ3n) is 4.83. The number of hydrogen-bond acceptors (Lipinski definition) is 4. The van der Waals surface area contributed by atoms with Crippen LogP contribution in [-0.2, 0) is 9.47 Å². The van der Waals surface area contributed by atoms with E-state index in [4.69, 9.17) is 9.47 Å². The van der Waals surface area contributed by atoms with Crippen LogP contribution in [-0.4, -0.2) is 74.2 Å². The van der Waals surface area contributed by atoms with Gasteiger partial charge in [0.1, 0.15) is 5.82 Å². The van der Waals surface area contributed by atoms with Crippen LogP contribution in [0.4, 0.5) is 4.39 Å². The fourth-order valence-corrected chi connectivity index (χ4v) is 3.31. The number of amides is 2. The van der Waals surface area contributed by atoms with Gasteiger partial charge in [-0.1, -0.05) is 30.3 Å². The summed E-state index contributed by atoms with van der Waals surface area (Å²) >= 11 is 0. The number of ether oxygens (including phenoxy) is 2. The number of carbonyl (C=O) groups is 2. The molecule has 0 radical (unpaired) electrons. The fraction of sp³-hybridized carbons (Fsp3) is 0.364. The van der Waals surface area contributed by atoms with Gasteiger partial charge in [-0.15, -0.1) is 0 Å². The minimum absolute atomic E-state index is 0.0108. The lowest BCUT2D eigenvalue weighted by atomic mass is 10.1. The second kappa shape index (κ2) is 10.1. The van der Waals surface area contributed by atoms with E-state index in [-0.39, 0.29) is 24.1 Å². The molecule has 0 bridgehead atoms. The first-order chi connectivity index (χ1) is 14.1. The van der Waals surface area contributed by atoms with Gasteiger partial charge in [0, 0.05) is 38.9 Å². The summed E-state index contributed by atoms with van der Waals surface area (Å²) in [5.74, 6) is -1.05. The first-order valence-corrected chi connectivity index (χ1v) is 9.59. The minimum Gasteiger partial charge on any atom is -0.383 e. The van der Waals surface area contributed by atoms with Crippen LogP contribution in [0.25, 0.3) is 0 Å². The maximum atomic E-state index is 14.1. The second-order valence-corrected chi connectivity index (χ2v) is 6.83. The SMILES string of the molecule is COCCN(CC1CN(C(=O)c2ccccc2)CCO1)C(=O)c1ccccc1F. The molecule has 1 atom stereocenters. The van der Waals surface area contributed by atoms with E-state index in [0.29, 0.717) is 38.4 Å². The molecule has 1 fully saturated rings. The van der Waals surface area contributed by atoms with Gasteiger partial charge in [0.25, 0.3) is 11.8 Å². The van der Waals surface area contributed by atoms with Crippen LogP contribution in [0.2, 0.25) is 0 Å². The van der Waals surface area contributed by atoms with Crippen LogP contribution >= 0.6 is 0 Å². The predicted octanol–water partition coefficient (Wildman–Crippen LogP) is 2.46. The Hall–Kier alpha value is -2.77. The molecular formula is C22H25FN2O4. The molecule has 1 aliphatic rings. The van der Waals surface area contributed by atoms with E-state index >= 15 is 0 Å². The molecule has 154 valence electrons. The van der Waals surface area contributed by atoms with Crippen LogP contribution in [0.3, 0.4) is 0 Å². The Bertz CT molecular complexity index is 831. The minimum atomic E-state index is -0.564. The largest absolute Gasteiger partial charge is 0.383 e. The lowest BCUT2D eigenvalue weighted by Crippen LogP contribution is -2.51. The molecule has 0 spiro atoms. The third kappa shape index (κ3) is 5.40. The number of hydrogen-bond donors (Lipinski definition) is 0. The molecule has 1 saturated heterocycles. The van der Waals surface area contributed by atoms with E-state index in [1.807, 2.05) is 18.2 Å². The number of halogens is 1. The summed E-state index contributed by atoms with van der Waals surface area (Å²) < 4.78 is 25.0. The summed E-state index contributed by atoms with van der Waals surface area (Å²) in [5, 5.41) is 0. The lowest BCUT2D eigenvalue weighted by Gasteiger charge is -2.36. The van der Waals surface area contributed by atoms with E-state index < -0.39 is 11.7 Å². The van der Waals surface area contributed by atoms with E-state index in [9.17, 15) is 14.0 Å². The number of morpholine rings is 1. The highest BCUT2D eigenvalue weighted by Crippen LogP contribution is 2.15. The number of nitrogens with zero attached hydrogens (tertiary/aromatic N) is 2. The van der Waals surface area contributed by atoms with Gasteiger partial charge >= 0.3 is 0 Å². The van der Waals surface area contributed by atoms with Crippen LogP contribution in [0.15, 0.2) is 54.6 Å². The first kappa shape index (κ1) is 21.0. The quantitative estimate of drug-likeness (QED) is 0.717. The van der Waals surface area contributed by atoms with Crippen molar-refractivity contribution in [2.45, 2.75) is 6.10 Å². The first-order valence-electron chi connectivity index (χ1n) is 9.59. The van der Waals surface area contributed by atoms with Crippen molar-refractivity contribution in [3.05, 3.63) is 71.5 Å².